The highest BCUT2D eigenvalue weighted by Crippen LogP contribution is 2.35. The average Bonchev–Trinajstić information content (AvgIpc) is 3.39. The number of aromatic amines is 1. The van der Waals surface area contributed by atoms with Crippen molar-refractivity contribution in [2.75, 3.05) is 12.4 Å². The van der Waals surface area contributed by atoms with Gasteiger partial charge in [-0.25, -0.2) is 9.78 Å². The summed E-state index contributed by atoms with van der Waals surface area (Å²) in [5, 5.41) is 3.96. The first-order valence-corrected chi connectivity index (χ1v) is 12.3. The number of ether oxygens (including phenoxy) is 2. The molecule has 0 bridgehead atoms. The molecule has 0 aliphatic rings. The van der Waals surface area contributed by atoms with Gasteiger partial charge in [0.1, 0.15) is 11.3 Å². The summed E-state index contributed by atoms with van der Waals surface area (Å²) in [5.41, 5.74) is -3.16. The van der Waals surface area contributed by atoms with Crippen molar-refractivity contribution in [1.82, 2.24) is 9.97 Å². The Balaban J connectivity index is 1.90. The predicted molar refractivity (Wildman–Crippen MR) is 136 cm³/mol. The van der Waals surface area contributed by atoms with Gasteiger partial charge in [-0.05, 0) is 30.7 Å². The molecule has 2 heterocycles. The zero-order chi connectivity index (χ0) is 27.4. The summed E-state index contributed by atoms with van der Waals surface area (Å²) in [4.78, 5) is 46.6. The van der Waals surface area contributed by atoms with Gasteiger partial charge in [0.05, 0.1) is 11.1 Å². The van der Waals surface area contributed by atoms with Crippen LogP contribution >= 0.6 is 11.3 Å². The number of anilines is 1. The summed E-state index contributed by atoms with van der Waals surface area (Å²) in [6, 6.07) is 11.3. The Morgan fingerprint density at radius 1 is 1.13 bits per heavy atom. The number of H-pyrrole nitrogens is 1. The molecule has 0 aliphatic carbocycles. The van der Waals surface area contributed by atoms with Crippen molar-refractivity contribution in [3.05, 3.63) is 87.2 Å². The molecule has 0 saturated carbocycles. The number of hydrogen-bond donors (Lipinski definition) is 2. The molecule has 198 valence electrons. The third-order valence-electron chi connectivity index (χ3n) is 5.87. The Bertz CT molecular complexity index is 1500. The molecular weight excluding hydrogens is 523 g/mol. The predicted octanol–water partition coefficient (Wildman–Crippen LogP) is 5.37. The molecule has 1 amide bonds. The van der Waals surface area contributed by atoms with Gasteiger partial charge in [0.2, 0.25) is 5.43 Å². The number of aromatic nitrogens is 2. The van der Waals surface area contributed by atoms with Crippen molar-refractivity contribution < 1.29 is 32.2 Å². The summed E-state index contributed by atoms with van der Waals surface area (Å²) in [7, 11) is 1.23. The molecule has 4 aromatic rings. The van der Waals surface area contributed by atoms with Gasteiger partial charge in [0.25, 0.3) is 5.91 Å². The highest BCUT2D eigenvalue weighted by atomic mass is 32.1. The molecule has 2 unspecified atom stereocenters. The summed E-state index contributed by atoms with van der Waals surface area (Å²) in [6.07, 6.45) is -4.61. The number of carbonyl (C=O) groups excluding carboxylic acids is 2. The van der Waals surface area contributed by atoms with Gasteiger partial charge in [0, 0.05) is 35.7 Å². The van der Waals surface area contributed by atoms with E-state index < -0.39 is 52.1 Å². The number of esters is 1. The molecule has 2 aromatic carbocycles. The van der Waals surface area contributed by atoms with Gasteiger partial charge in [-0.3, -0.25) is 14.9 Å². The number of methoxy groups -OCH3 is 1. The lowest BCUT2D eigenvalue weighted by Crippen LogP contribution is -2.37. The maximum Gasteiger partial charge on any atom is 0.418 e. The van der Waals surface area contributed by atoms with Crippen LogP contribution in [0.25, 0.3) is 10.9 Å². The zero-order valence-corrected chi connectivity index (χ0v) is 21.0. The number of halogens is 3. The van der Waals surface area contributed by atoms with Gasteiger partial charge in [-0.15, -0.1) is 11.3 Å². The first kappa shape index (κ1) is 27.0. The van der Waals surface area contributed by atoms with Crippen LogP contribution in [0.5, 0.6) is 5.75 Å². The van der Waals surface area contributed by atoms with Crippen molar-refractivity contribution in [2.24, 2.45) is 0 Å². The zero-order valence-electron chi connectivity index (χ0n) is 20.2. The van der Waals surface area contributed by atoms with E-state index in [1.165, 1.54) is 19.4 Å². The molecule has 0 aliphatic heterocycles. The lowest BCUT2D eigenvalue weighted by Gasteiger charge is -2.26. The van der Waals surface area contributed by atoms with Crippen LogP contribution in [0.1, 0.15) is 40.9 Å². The number of rotatable bonds is 8. The van der Waals surface area contributed by atoms with Crippen molar-refractivity contribution in [2.45, 2.75) is 31.5 Å². The minimum absolute atomic E-state index is 0.107. The van der Waals surface area contributed by atoms with Gasteiger partial charge in [-0.2, -0.15) is 13.2 Å². The second kappa shape index (κ2) is 11.2. The summed E-state index contributed by atoms with van der Waals surface area (Å²) >= 11 is 1.10. The van der Waals surface area contributed by atoms with E-state index in [2.05, 4.69) is 15.3 Å². The van der Waals surface area contributed by atoms with Gasteiger partial charge >= 0.3 is 12.1 Å². The van der Waals surface area contributed by atoms with E-state index in [4.69, 9.17) is 9.47 Å². The second-order valence-electron chi connectivity index (χ2n) is 8.17. The van der Waals surface area contributed by atoms with Crippen molar-refractivity contribution in [3.8, 4) is 5.75 Å². The smallest absolute Gasteiger partial charge is 0.418 e. The minimum Gasteiger partial charge on any atom is -0.425 e. The Kier molecular flexibility index (Phi) is 7.93. The number of benzene rings is 2. The fourth-order valence-corrected chi connectivity index (χ4v) is 4.70. The van der Waals surface area contributed by atoms with Crippen LogP contribution in [0, 0.1) is 0 Å². The fraction of sp³-hybridized carbons (Fsp3) is 0.231. The van der Waals surface area contributed by atoms with Gasteiger partial charge in [0.15, 0.2) is 11.2 Å². The van der Waals surface area contributed by atoms with Crippen LogP contribution in [-0.4, -0.2) is 35.1 Å². The Hall–Kier alpha value is -4.03. The van der Waals surface area contributed by atoms with E-state index in [-0.39, 0.29) is 28.4 Å². The number of nitrogens with zero attached hydrogens (tertiary/aromatic N) is 1. The molecule has 0 spiro atoms. The van der Waals surface area contributed by atoms with Crippen LogP contribution < -0.4 is 15.5 Å². The molecule has 4 rings (SSSR count). The molecular formula is C26H22F3N3O5S. The number of carbonyl (C=O) groups is 2. The lowest BCUT2D eigenvalue weighted by atomic mass is 9.90. The van der Waals surface area contributed by atoms with Gasteiger partial charge in [-0.1, -0.05) is 31.2 Å². The Morgan fingerprint density at radius 3 is 2.47 bits per heavy atom. The fourth-order valence-electron chi connectivity index (χ4n) is 4.17. The summed E-state index contributed by atoms with van der Waals surface area (Å²) in [6.45, 7) is 1.65. The monoisotopic (exact) mass is 545 g/mol. The normalized spacial score (nSPS) is 13.2. The standard InChI is InChI=1S/C26H22F3N3O5S/c1-3-15(22(36-2)24(35)37-14-8-5-4-6-9-14)20-18(23(34)32-25-30-12-13-38-25)21(33)16-10-7-11-17(19(16)31-20)26(27,28)29/h4-13,15,22H,3H2,1-2H3,(H,31,33)(H,30,32,34). The quantitative estimate of drug-likeness (QED) is 0.228. The largest absolute Gasteiger partial charge is 0.425 e. The Morgan fingerprint density at radius 2 is 1.87 bits per heavy atom. The second-order valence-corrected chi connectivity index (χ2v) is 9.06. The minimum atomic E-state index is -4.79. The van der Waals surface area contributed by atoms with E-state index in [1.807, 2.05) is 0 Å². The van der Waals surface area contributed by atoms with Crippen LogP contribution in [-0.2, 0) is 15.7 Å². The number of thiazole rings is 1. The average molecular weight is 546 g/mol. The molecule has 2 atom stereocenters. The molecule has 2 N–H and O–H groups in total. The number of pyridine rings is 1. The van der Waals surface area contributed by atoms with E-state index in [1.54, 1.807) is 42.6 Å². The SMILES string of the molecule is CCC(c1[nH]c2c(C(F)(F)F)cccc2c(=O)c1C(=O)Nc1nccs1)C(OC)C(=O)Oc1ccccc1. The van der Waals surface area contributed by atoms with Crippen LogP contribution in [0.3, 0.4) is 0 Å². The number of nitrogens with one attached hydrogen (secondary N) is 2. The van der Waals surface area contributed by atoms with Gasteiger partial charge < -0.3 is 14.5 Å². The first-order valence-electron chi connectivity index (χ1n) is 11.4. The summed E-state index contributed by atoms with van der Waals surface area (Å²) < 4.78 is 52.4. The van der Waals surface area contributed by atoms with Crippen LogP contribution in [0.2, 0.25) is 0 Å². The highest BCUT2D eigenvalue weighted by Gasteiger charge is 2.38. The third-order valence-corrected chi connectivity index (χ3v) is 6.56. The molecule has 8 nitrogen and oxygen atoms in total. The van der Waals surface area contributed by atoms with E-state index >= 15 is 0 Å². The molecule has 12 heteroatoms. The first-order chi connectivity index (χ1) is 18.2. The van der Waals surface area contributed by atoms with Crippen molar-refractivity contribution >= 4 is 39.2 Å². The van der Waals surface area contributed by atoms with E-state index in [9.17, 15) is 27.6 Å². The Labute approximate surface area is 218 Å². The number of para-hydroxylation sites is 2. The van der Waals surface area contributed by atoms with Crippen LogP contribution in [0.4, 0.5) is 18.3 Å². The molecule has 0 fully saturated rings. The number of fused-ring (bicyclic) bond motifs is 1. The van der Waals surface area contributed by atoms with E-state index in [0.717, 1.165) is 23.5 Å². The molecule has 0 radical (unpaired) electrons. The highest BCUT2D eigenvalue weighted by molar-refractivity contribution is 7.13. The number of alkyl halides is 3. The lowest BCUT2D eigenvalue weighted by molar-refractivity contribution is -0.147. The maximum absolute atomic E-state index is 13.9. The van der Waals surface area contributed by atoms with E-state index in [0.29, 0.717) is 0 Å². The summed E-state index contributed by atoms with van der Waals surface area (Å²) in [5.74, 6) is -2.56. The topological polar surface area (TPSA) is 110 Å². The van der Waals surface area contributed by atoms with Crippen molar-refractivity contribution in [3.63, 3.8) is 0 Å². The van der Waals surface area contributed by atoms with Crippen molar-refractivity contribution in [1.29, 1.82) is 0 Å². The maximum atomic E-state index is 13.9. The molecule has 0 saturated heterocycles. The molecule has 2 aromatic heterocycles. The third kappa shape index (κ3) is 5.46. The van der Waals surface area contributed by atoms with Crippen LogP contribution in [0.15, 0.2) is 64.9 Å². The number of hydrogen-bond acceptors (Lipinski definition) is 7. The molecule has 38 heavy (non-hydrogen) atoms. The number of amides is 1.